The molecule has 2 N–H and O–H groups in total. The first-order valence-corrected chi connectivity index (χ1v) is 8.34. The van der Waals surface area contributed by atoms with Crippen LogP contribution < -0.4 is 10.6 Å². The molecule has 1 aromatic heterocycles. The van der Waals surface area contributed by atoms with Crippen molar-refractivity contribution in [3.8, 4) is 0 Å². The van der Waals surface area contributed by atoms with Gasteiger partial charge in [-0.15, -0.1) is 11.3 Å². The number of aromatic nitrogens is 1. The van der Waals surface area contributed by atoms with Crippen LogP contribution in [0.25, 0.3) is 0 Å². The molecule has 0 amide bonds. The van der Waals surface area contributed by atoms with Gasteiger partial charge in [0.25, 0.3) is 0 Å². The van der Waals surface area contributed by atoms with Crippen LogP contribution in [-0.2, 0) is 6.42 Å². The molecule has 0 aliphatic carbocycles. The van der Waals surface area contributed by atoms with E-state index in [1.165, 1.54) is 0 Å². The Morgan fingerprint density at radius 2 is 1.86 bits per heavy atom. The van der Waals surface area contributed by atoms with E-state index in [9.17, 15) is 0 Å². The van der Waals surface area contributed by atoms with E-state index in [2.05, 4.69) is 50.2 Å². The number of nitrogens with two attached hydrogens (primary N) is 1. The summed E-state index contributed by atoms with van der Waals surface area (Å²) in [6.45, 7) is 6.71. The Kier molecular flexibility index (Phi) is 5.37. The lowest BCUT2D eigenvalue weighted by Gasteiger charge is -2.27. The number of nitrogens with zero attached hydrogens (tertiary/aromatic N) is 2. The van der Waals surface area contributed by atoms with Gasteiger partial charge in [0.2, 0.25) is 0 Å². The van der Waals surface area contributed by atoms with Crippen LogP contribution in [0.4, 0.5) is 5.13 Å². The van der Waals surface area contributed by atoms with Crippen molar-refractivity contribution in [1.29, 1.82) is 0 Å². The molecule has 0 fully saturated rings. The van der Waals surface area contributed by atoms with Gasteiger partial charge in [0.05, 0.1) is 5.69 Å². The van der Waals surface area contributed by atoms with Crippen molar-refractivity contribution in [3.63, 3.8) is 0 Å². The Hall–Kier alpha value is -1.39. The summed E-state index contributed by atoms with van der Waals surface area (Å²) in [5, 5.41) is 3.20. The quantitative estimate of drug-likeness (QED) is 0.881. The maximum Gasteiger partial charge on any atom is 0.185 e. The number of benzene rings is 1. The van der Waals surface area contributed by atoms with Crippen LogP contribution in [0.15, 0.2) is 35.7 Å². The third kappa shape index (κ3) is 4.05. The third-order valence-electron chi connectivity index (χ3n) is 4.07. The summed E-state index contributed by atoms with van der Waals surface area (Å²) in [7, 11) is 2.12. The second kappa shape index (κ2) is 7.05. The normalized spacial score (nSPS) is 14.2. The molecule has 2 unspecified atom stereocenters. The van der Waals surface area contributed by atoms with Gasteiger partial charge in [-0.25, -0.2) is 4.98 Å². The zero-order valence-electron chi connectivity index (χ0n) is 13.3. The second-order valence-corrected chi connectivity index (χ2v) is 6.77. The minimum absolute atomic E-state index is 0.00831. The van der Waals surface area contributed by atoms with Crippen molar-refractivity contribution in [2.45, 2.75) is 39.3 Å². The number of hydrogen-bond acceptors (Lipinski definition) is 4. The average Bonchev–Trinajstić information content (AvgIpc) is 2.95. The topological polar surface area (TPSA) is 42.2 Å². The molecule has 1 aromatic carbocycles. The van der Waals surface area contributed by atoms with Gasteiger partial charge in [0.1, 0.15) is 0 Å². The van der Waals surface area contributed by atoms with Gasteiger partial charge < -0.3 is 10.6 Å². The van der Waals surface area contributed by atoms with E-state index in [1.54, 1.807) is 11.3 Å². The minimum atomic E-state index is 0.00831. The van der Waals surface area contributed by atoms with E-state index in [4.69, 9.17) is 10.7 Å². The number of anilines is 1. The molecule has 0 spiro atoms. The Balaban J connectivity index is 2.03. The van der Waals surface area contributed by atoms with Gasteiger partial charge in [-0.2, -0.15) is 0 Å². The largest absolute Gasteiger partial charge is 0.348 e. The molecule has 0 saturated heterocycles. The first-order chi connectivity index (χ1) is 9.99. The molecule has 0 radical (unpaired) electrons. The molecule has 0 aliphatic heterocycles. The molecule has 4 heteroatoms. The standard InChI is InChI=1S/C17H25N3S/c1-12(2)13(3)20(4)17-19-15(11-21-17)10-16(18)14-8-6-5-7-9-14/h5-9,11-13,16H,10,18H2,1-4H3. The van der Waals surface area contributed by atoms with Crippen LogP contribution in [-0.4, -0.2) is 18.1 Å². The van der Waals surface area contributed by atoms with Gasteiger partial charge in [0.15, 0.2) is 5.13 Å². The van der Waals surface area contributed by atoms with Crippen LogP contribution in [0.5, 0.6) is 0 Å². The summed E-state index contributed by atoms with van der Waals surface area (Å²) in [4.78, 5) is 7.00. The Bertz CT molecular complexity index is 550. The lowest BCUT2D eigenvalue weighted by Crippen LogP contribution is -2.33. The van der Waals surface area contributed by atoms with Gasteiger partial charge in [-0.1, -0.05) is 44.2 Å². The van der Waals surface area contributed by atoms with Crippen molar-refractivity contribution in [2.24, 2.45) is 11.7 Å². The van der Waals surface area contributed by atoms with Crippen molar-refractivity contribution < 1.29 is 0 Å². The van der Waals surface area contributed by atoms with Crippen LogP contribution in [0.3, 0.4) is 0 Å². The first kappa shape index (κ1) is 16.0. The Labute approximate surface area is 131 Å². The molecule has 3 nitrogen and oxygen atoms in total. The second-order valence-electron chi connectivity index (χ2n) is 5.94. The maximum absolute atomic E-state index is 6.27. The van der Waals surface area contributed by atoms with Crippen LogP contribution >= 0.6 is 11.3 Å². The molecule has 0 bridgehead atoms. The number of hydrogen-bond donors (Lipinski definition) is 1. The van der Waals surface area contributed by atoms with Gasteiger partial charge in [0, 0.05) is 30.9 Å². The molecule has 1 heterocycles. The van der Waals surface area contributed by atoms with Gasteiger partial charge in [-0.05, 0) is 18.4 Å². The smallest absolute Gasteiger partial charge is 0.185 e. The molecular weight excluding hydrogens is 278 g/mol. The summed E-state index contributed by atoms with van der Waals surface area (Å²) in [5.74, 6) is 0.605. The van der Waals surface area contributed by atoms with E-state index < -0.39 is 0 Å². The highest BCUT2D eigenvalue weighted by atomic mass is 32.1. The highest BCUT2D eigenvalue weighted by Gasteiger charge is 2.17. The fourth-order valence-corrected chi connectivity index (χ4v) is 3.11. The van der Waals surface area contributed by atoms with E-state index in [-0.39, 0.29) is 6.04 Å². The highest BCUT2D eigenvalue weighted by molar-refractivity contribution is 7.13. The lowest BCUT2D eigenvalue weighted by molar-refractivity contribution is 0.504. The zero-order valence-corrected chi connectivity index (χ0v) is 14.1. The average molecular weight is 303 g/mol. The molecule has 0 saturated carbocycles. The third-order valence-corrected chi connectivity index (χ3v) is 5.05. The lowest BCUT2D eigenvalue weighted by atomic mass is 10.0. The highest BCUT2D eigenvalue weighted by Crippen LogP contribution is 2.25. The fraction of sp³-hybridized carbons (Fsp3) is 0.471. The summed E-state index contributed by atoms with van der Waals surface area (Å²) in [6.07, 6.45) is 0.782. The van der Waals surface area contributed by atoms with Crippen molar-refractivity contribution in [3.05, 3.63) is 47.0 Å². The summed E-state index contributed by atoms with van der Waals surface area (Å²) in [6, 6.07) is 10.7. The Morgan fingerprint density at radius 3 is 2.48 bits per heavy atom. The number of thiazole rings is 1. The molecule has 114 valence electrons. The first-order valence-electron chi connectivity index (χ1n) is 7.46. The summed E-state index contributed by atoms with van der Waals surface area (Å²) >= 11 is 1.70. The molecular formula is C17H25N3S. The van der Waals surface area contributed by atoms with Crippen LogP contribution in [0.2, 0.25) is 0 Å². The van der Waals surface area contributed by atoms with Crippen LogP contribution in [0, 0.1) is 5.92 Å². The van der Waals surface area contributed by atoms with E-state index in [1.807, 2.05) is 18.2 Å². The van der Waals surface area contributed by atoms with Crippen molar-refractivity contribution >= 4 is 16.5 Å². The summed E-state index contributed by atoms with van der Waals surface area (Å²) in [5.41, 5.74) is 8.51. The number of rotatable bonds is 6. The van der Waals surface area contributed by atoms with Crippen molar-refractivity contribution in [2.75, 3.05) is 11.9 Å². The summed E-state index contributed by atoms with van der Waals surface area (Å²) < 4.78 is 0. The van der Waals surface area contributed by atoms with E-state index in [0.717, 1.165) is 22.8 Å². The molecule has 21 heavy (non-hydrogen) atoms. The fourth-order valence-electron chi connectivity index (χ4n) is 2.22. The minimum Gasteiger partial charge on any atom is -0.348 e. The monoisotopic (exact) mass is 303 g/mol. The SMILES string of the molecule is CC(C)C(C)N(C)c1nc(CC(N)c2ccccc2)cs1. The predicted molar refractivity (Wildman–Crippen MR) is 91.9 cm³/mol. The van der Waals surface area contributed by atoms with Gasteiger partial charge >= 0.3 is 0 Å². The Morgan fingerprint density at radius 1 is 1.19 bits per heavy atom. The molecule has 2 atom stereocenters. The van der Waals surface area contributed by atoms with E-state index >= 15 is 0 Å². The molecule has 2 rings (SSSR count). The maximum atomic E-state index is 6.27. The molecule has 2 aromatic rings. The molecule has 0 aliphatic rings. The van der Waals surface area contributed by atoms with Crippen LogP contribution in [0.1, 0.15) is 38.1 Å². The predicted octanol–water partition coefficient (Wildman–Crippen LogP) is 3.87. The van der Waals surface area contributed by atoms with Gasteiger partial charge in [-0.3, -0.25) is 0 Å². The van der Waals surface area contributed by atoms with Crippen molar-refractivity contribution in [1.82, 2.24) is 4.98 Å². The van der Waals surface area contributed by atoms with E-state index in [0.29, 0.717) is 12.0 Å². The zero-order chi connectivity index (χ0) is 15.4.